The van der Waals surface area contributed by atoms with Gasteiger partial charge in [0.15, 0.2) is 0 Å². The molecular formula is C9H15N5O3. The van der Waals surface area contributed by atoms with Gasteiger partial charge < -0.3 is 26.9 Å². The summed E-state index contributed by atoms with van der Waals surface area (Å²) in [7, 11) is 0. The molecule has 0 fully saturated rings. The molecule has 17 heavy (non-hydrogen) atoms. The third-order valence-electron chi connectivity index (χ3n) is 2.19. The van der Waals surface area contributed by atoms with Crippen LogP contribution in [0.4, 0.5) is 0 Å². The van der Waals surface area contributed by atoms with E-state index in [-0.39, 0.29) is 12.8 Å². The molecular weight excluding hydrogens is 226 g/mol. The quantitative estimate of drug-likeness (QED) is 0.460. The Hall–Kier alpha value is -1.93. The van der Waals surface area contributed by atoms with E-state index in [0.717, 1.165) is 0 Å². The van der Waals surface area contributed by atoms with E-state index < -0.39 is 24.1 Å². The first-order valence-electron chi connectivity index (χ1n) is 4.94. The first kappa shape index (κ1) is 13.1. The number of aromatic nitrogens is 2. The van der Waals surface area contributed by atoms with Gasteiger partial charge in [0.1, 0.15) is 6.04 Å². The van der Waals surface area contributed by atoms with Crippen LogP contribution in [-0.4, -0.2) is 32.6 Å². The molecule has 1 amide bonds. The van der Waals surface area contributed by atoms with E-state index in [4.69, 9.17) is 22.3 Å². The number of carbonyl (C=O) groups excluding carboxylic acids is 1. The maximum absolute atomic E-state index is 10.7. The normalized spacial score (nSPS) is 14.2. The lowest BCUT2D eigenvalue weighted by molar-refractivity contribution is -0.138. The molecule has 0 saturated heterocycles. The lowest BCUT2D eigenvalue weighted by atomic mass is 10.2. The monoisotopic (exact) mass is 241 g/mol. The van der Waals surface area contributed by atoms with E-state index in [2.05, 4.69) is 4.98 Å². The Labute approximate surface area is 97.4 Å². The highest BCUT2D eigenvalue weighted by Gasteiger charge is 2.15. The van der Waals surface area contributed by atoms with Gasteiger partial charge in [0, 0.05) is 12.6 Å². The summed E-state index contributed by atoms with van der Waals surface area (Å²) in [6.07, 6.45) is 2.45. The Morgan fingerprint density at radius 1 is 1.47 bits per heavy atom. The Balaban J connectivity index is 2.64. The van der Waals surface area contributed by atoms with Gasteiger partial charge in [-0.3, -0.25) is 9.59 Å². The second kappa shape index (κ2) is 5.41. The van der Waals surface area contributed by atoms with E-state index in [9.17, 15) is 9.59 Å². The van der Waals surface area contributed by atoms with Crippen molar-refractivity contribution in [2.75, 3.05) is 0 Å². The highest BCUT2D eigenvalue weighted by atomic mass is 16.4. The van der Waals surface area contributed by atoms with Crippen molar-refractivity contribution in [2.24, 2.45) is 17.2 Å². The number of hydrogen-bond acceptors (Lipinski definition) is 5. The van der Waals surface area contributed by atoms with E-state index >= 15 is 0 Å². The Kier molecular flexibility index (Phi) is 4.18. The average Bonchev–Trinajstić information content (AvgIpc) is 2.65. The van der Waals surface area contributed by atoms with Gasteiger partial charge in [-0.15, -0.1) is 0 Å². The number of carbonyl (C=O) groups is 2. The molecule has 1 aromatic heterocycles. The van der Waals surface area contributed by atoms with Crippen molar-refractivity contribution < 1.29 is 14.7 Å². The maximum Gasteiger partial charge on any atom is 0.320 e. The predicted molar refractivity (Wildman–Crippen MR) is 58.6 cm³/mol. The fourth-order valence-corrected chi connectivity index (χ4v) is 1.29. The molecule has 0 aliphatic rings. The number of imidazole rings is 1. The number of carboxylic acid groups (broad SMARTS) is 1. The Morgan fingerprint density at radius 2 is 2.12 bits per heavy atom. The van der Waals surface area contributed by atoms with E-state index in [1.807, 2.05) is 0 Å². The van der Waals surface area contributed by atoms with E-state index in [1.165, 1.54) is 10.9 Å². The summed E-state index contributed by atoms with van der Waals surface area (Å²) in [6, 6.07) is -1.01. The lowest BCUT2D eigenvalue weighted by Crippen LogP contribution is -2.32. The summed E-state index contributed by atoms with van der Waals surface area (Å²) in [5.41, 5.74) is 16.5. The van der Waals surface area contributed by atoms with Crippen molar-refractivity contribution in [3.8, 4) is 0 Å². The average molecular weight is 241 g/mol. The smallest absolute Gasteiger partial charge is 0.320 e. The standard InChI is InChI=1S/C9H15N5O3/c10-6(9(16)17)1-5-3-14(4-13-5)7(11)2-8(12)15/h3-4,6-7H,1-2,10-11H2,(H2,12,15)(H,16,17)/t6-,7?/m0/s1. The van der Waals surface area contributed by atoms with Crippen LogP contribution in [0.15, 0.2) is 12.5 Å². The summed E-state index contributed by atoms with van der Waals surface area (Å²) >= 11 is 0. The molecule has 7 N–H and O–H groups in total. The molecule has 0 aliphatic heterocycles. The van der Waals surface area contributed by atoms with Crippen molar-refractivity contribution in [3.05, 3.63) is 18.2 Å². The van der Waals surface area contributed by atoms with Crippen molar-refractivity contribution in [1.82, 2.24) is 9.55 Å². The summed E-state index contributed by atoms with van der Waals surface area (Å²) in [5.74, 6) is -1.61. The molecule has 0 spiro atoms. The third kappa shape index (κ3) is 3.85. The maximum atomic E-state index is 10.7. The number of nitrogens with two attached hydrogens (primary N) is 3. The van der Waals surface area contributed by atoms with Gasteiger partial charge in [0.05, 0.1) is 24.6 Å². The minimum absolute atomic E-state index is 0.0131. The number of hydrogen-bond donors (Lipinski definition) is 4. The topological polar surface area (TPSA) is 150 Å². The SMILES string of the molecule is NC(=O)CC(N)n1cnc(C[C@H](N)C(=O)O)c1. The number of primary amides is 1. The molecule has 1 heterocycles. The number of nitrogens with zero attached hydrogens (tertiary/aromatic N) is 2. The molecule has 8 heteroatoms. The van der Waals surface area contributed by atoms with Gasteiger partial charge in [-0.2, -0.15) is 0 Å². The molecule has 1 unspecified atom stereocenters. The zero-order chi connectivity index (χ0) is 13.0. The number of aliphatic carboxylic acids is 1. The first-order valence-corrected chi connectivity index (χ1v) is 4.94. The summed E-state index contributed by atoms with van der Waals surface area (Å²) in [5, 5.41) is 8.63. The molecule has 1 aromatic rings. The summed E-state index contributed by atoms with van der Waals surface area (Å²) in [6.45, 7) is 0. The van der Waals surface area contributed by atoms with E-state index in [0.29, 0.717) is 5.69 Å². The lowest BCUT2D eigenvalue weighted by Gasteiger charge is -2.10. The van der Waals surface area contributed by atoms with Crippen LogP contribution in [0.3, 0.4) is 0 Å². The highest BCUT2D eigenvalue weighted by Crippen LogP contribution is 2.07. The van der Waals surface area contributed by atoms with Gasteiger partial charge in [0.25, 0.3) is 0 Å². The van der Waals surface area contributed by atoms with Crippen molar-refractivity contribution in [2.45, 2.75) is 25.0 Å². The van der Waals surface area contributed by atoms with Crippen LogP contribution < -0.4 is 17.2 Å². The Bertz CT molecular complexity index is 417. The molecule has 8 nitrogen and oxygen atoms in total. The summed E-state index contributed by atoms with van der Waals surface area (Å²) in [4.78, 5) is 25.2. The van der Waals surface area contributed by atoms with Crippen molar-refractivity contribution in [3.63, 3.8) is 0 Å². The molecule has 0 radical (unpaired) electrons. The highest BCUT2D eigenvalue weighted by molar-refractivity contribution is 5.74. The number of rotatable bonds is 6. The minimum atomic E-state index is -1.10. The number of amides is 1. The molecule has 0 saturated carbocycles. The fourth-order valence-electron chi connectivity index (χ4n) is 1.29. The van der Waals surface area contributed by atoms with Crippen LogP contribution in [-0.2, 0) is 16.0 Å². The predicted octanol–water partition coefficient (Wildman–Crippen LogP) is -1.83. The minimum Gasteiger partial charge on any atom is -0.480 e. The van der Waals surface area contributed by atoms with Crippen LogP contribution in [0.2, 0.25) is 0 Å². The Morgan fingerprint density at radius 3 is 2.65 bits per heavy atom. The number of carboxylic acids is 1. The fraction of sp³-hybridized carbons (Fsp3) is 0.444. The van der Waals surface area contributed by atoms with Crippen LogP contribution in [0.1, 0.15) is 18.3 Å². The zero-order valence-electron chi connectivity index (χ0n) is 9.11. The zero-order valence-corrected chi connectivity index (χ0v) is 9.11. The van der Waals surface area contributed by atoms with Crippen LogP contribution >= 0.6 is 0 Å². The molecule has 0 bridgehead atoms. The molecule has 94 valence electrons. The van der Waals surface area contributed by atoms with Crippen molar-refractivity contribution in [1.29, 1.82) is 0 Å². The van der Waals surface area contributed by atoms with Crippen LogP contribution in [0, 0.1) is 0 Å². The second-order valence-electron chi connectivity index (χ2n) is 3.70. The van der Waals surface area contributed by atoms with Crippen LogP contribution in [0.25, 0.3) is 0 Å². The first-order chi connectivity index (χ1) is 7.90. The van der Waals surface area contributed by atoms with Crippen LogP contribution in [0.5, 0.6) is 0 Å². The third-order valence-corrected chi connectivity index (χ3v) is 2.19. The second-order valence-corrected chi connectivity index (χ2v) is 3.70. The molecule has 1 rings (SSSR count). The van der Waals surface area contributed by atoms with Gasteiger partial charge in [-0.25, -0.2) is 4.98 Å². The largest absolute Gasteiger partial charge is 0.480 e. The van der Waals surface area contributed by atoms with Gasteiger partial charge >= 0.3 is 5.97 Å². The molecule has 0 aromatic carbocycles. The molecule has 0 aliphatic carbocycles. The summed E-state index contributed by atoms with van der Waals surface area (Å²) < 4.78 is 1.49. The molecule has 2 atom stereocenters. The van der Waals surface area contributed by atoms with Gasteiger partial charge in [-0.1, -0.05) is 0 Å². The van der Waals surface area contributed by atoms with Gasteiger partial charge in [0.2, 0.25) is 5.91 Å². The van der Waals surface area contributed by atoms with Gasteiger partial charge in [-0.05, 0) is 0 Å². The van der Waals surface area contributed by atoms with E-state index in [1.54, 1.807) is 6.20 Å². The van der Waals surface area contributed by atoms with Crippen molar-refractivity contribution >= 4 is 11.9 Å².